The highest BCUT2D eigenvalue weighted by atomic mass is 79.9. The number of anilines is 2. The highest BCUT2D eigenvalue weighted by molar-refractivity contribution is 9.10. The third-order valence-corrected chi connectivity index (χ3v) is 3.52. The summed E-state index contributed by atoms with van der Waals surface area (Å²) in [6, 6.07) is 6.39. The molecule has 1 heterocycles. The van der Waals surface area contributed by atoms with Crippen LogP contribution < -0.4 is 16.0 Å². The Kier molecular flexibility index (Phi) is 3.64. The molecule has 0 atom stereocenters. The molecule has 0 saturated carbocycles. The second kappa shape index (κ2) is 4.86. The number of halogens is 1. The first-order valence-corrected chi connectivity index (χ1v) is 6.82. The summed E-state index contributed by atoms with van der Waals surface area (Å²) in [5, 5.41) is 3.43. The number of hydrogen-bond donors (Lipinski definition) is 2. The summed E-state index contributed by atoms with van der Waals surface area (Å²) in [6.45, 7) is 7.22. The van der Waals surface area contributed by atoms with Gasteiger partial charge in [-0.1, -0.05) is 15.9 Å². The zero-order valence-electron chi connectivity index (χ0n) is 10.5. The Hall–Kier alpha value is -0.740. The van der Waals surface area contributed by atoms with Crippen molar-refractivity contribution in [3.05, 3.63) is 22.7 Å². The third-order valence-electron chi connectivity index (χ3n) is 3.02. The van der Waals surface area contributed by atoms with Gasteiger partial charge >= 0.3 is 0 Å². The van der Waals surface area contributed by atoms with Crippen LogP contribution in [0.1, 0.15) is 20.3 Å². The summed E-state index contributed by atoms with van der Waals surface area (Å²) in [4.78, 5) is 2.41. The van der Waals surface area contributed by atoms with E-state index in [-0.39, 0.29) is 5.54 Å². The van der Waals surface area contributed by atoms with E-state index in [1.165, 1.54) is 11.4 Å². The number of nitrogens with zero attached hydrogens (tertiary/aromatic N) is 1. The maximum absolute atomic E-state index is 6.05. The lowest BCUT2D eigenvalue weighted by Crippen LogP contribution is -2.40. The minimum atomic E-state index is -0.0968. The first-order valence-electron chi connectivity index (χ1n) is 6.03. The van der Waals surface area contributed by atoms with E-state index in [1.807, 2.05) is 0 Å². The molecule has 4 heteroatoms. The van der Waals surface area contributed by atoms with Gasteiger partial charge in [0.1, 0.15) is 0 Å². The minimum Gasteiger partial charge on any atom is -0.382 e. The van der Waals surface area contributed by atoms with Gasteiger partial charge in [-0.25, -0.2) is 0 Å². The highest BCUT2D eigenvalue weighted by Gasteiger charge is 2.19. The van der Waals surface area contributed by atoms with Gasteiger partial charge in [0.15, 0.2) is 0 Å². The molecule has 1 aliphatic rings. The largest absolute Gasteiger partial charge is 0.382 e. The summed E-state index contributed by atoms with van der Waals surface area (Å²) in [6.07, 6.45) is 1.00. The van der Waals surface area contributed by atoms with Gasteiger partial charge in [-0.15, -0.1) is 0 Å². The fourth-order valence-electron chi connectivity index (χ4n) is 2.03. The topological polar surface area (TPSA) is 41.3 Å². The van der Waals surface area contributed by atoms with E-state index in [9.17, 15) is 0 Å². The molecule has 1 aromatic carbocycles. The average Bonchev–Trinajstić information content (AvgIpc) is 2.24. The van der Waals surface area contributed by atoms with Crippen LogP contribution in [0.25, 0.3) is 0 Å². The number of rotatable bonds is 3. The molecule has 2 rings (SSSR count). The molecule has 1 aromatic rings. The normalized spacial score (nSPS) is 15.4. The molecular formula is C13H20BrN3. The molecule has 3 nitrogen and oxygen atoms in total. The Morgan fingerprint density at radius 1 is 1.47 bits per heavy atom. The molecular weight excluding hydrogens is 278 g/mol. The van der Waals surface area contributed by atoms with Crippen molar-refractivity contribution in [3.63, 3.8) is 0 Å². The van der Waals surface area contributed by atoms with E-state index in [4.69, 9.17) is 5.73 Å². The molecule has 0 saturated heterocycles. The average molecular weight is 298 g/mol. The van der Waals surface area contributed by atoms with Crippen molar-refractivity contribution in [2.75, 3.05) is 29.9 Å². The van der Waals surface area contributed by atoms with Crippen LogP contribution in [0.4, 0.5) is 11.4 Å². The second-order valence-electron chi connectivity index (χ2n) is 5.31. The maximum atomic E-state index is 6.05. The molecule has 0 fully saturated rings. The zero-order chi connectivity index (χ0) is 12.5. The van der Waals surface area contributed by atoms with Crippen LogP contribution >= 0.6 is 15.9 Å². The molecule has 17 heavy (non-hydrogen) atoms. The molecule has 0 amide bonds. The first kappa shape index (κ1) is 12.7. The van der Waals surface area contributed by atoms with Crippen LogP contribution in [0.5, 0.6) is 0 Å². The number of fused-ring (bicyclic) bond motifs is 1. The Balaban J connectivity index is 2.12. The van der Waals surface area contributed by atoms with E-state index in [0.29, 0.717) is 0 Å². The van der Waals surface area contributed by atoms with E-state index in [2.05, 4.69) is 58.2 Å². The SMILES string of the molecule is CC(C)(N)CCN1CCNc2cc(Br)ccc21. The second-order valence-corrected chi connectivity index (χ2v) is 6.23. The Labute approximate surface area is 111 Å². The maximum Gasteiger partial charge on any atom is 0.0603 e. The summed E-state index contributed by atoms with van der Waals surface area (Å²) in [7, 11) is 0. The fourth-order valence-corrected chi connectivity index (χ4v) is 2.39. The monoisotopic (exact) mass is 297 g/mol. The van der Waals surface area contributed by atoms with Crippen molar-refractivity contribution in [1.82, 2.24) is 0 Å². The van der Waals surface area contributed by atoms with Gasteiger partial charge in [0.2, 0.25) is 0 Å². The lowest BCUT2D eigenvalue weighted by atomic mass is 10.0. The lowest BCUT2D eigenvalue weighted by Gasteiger charge is -2.34. The molecule has 0 bridgehead atoms. The van der Waals surface area contributed by atoms with Gasteiger partial charge < -0.3 is 16.0 Å². The van der Waals surface area contributed by atoms with Crippen molar-refractivity contribution in [1.29, 1.82) is 0 Å². The van der Waals surface area contributed by atoms with Crippen LogP contribution in [-0.2, 0) is 0 Å². The molecule has 94 valence electrons. The number of nitrogens with two attached hydrogens (primary N) is 1. The van der Waals surface area contributed by atoms with Gasteiger partial charge in [-0.05, 0) is 38.5 Å². The van der Waals surface area contributed by atoms with Gasteiger partial charge in [-0.2, -0.15) is 0 Å². The Bertz CT molecular complexity index is 398. The first-order chi connectivity index (χ1) is 7.96. The summed E-state index contributed by atoms with van der Waals surface area (Å²) in [5.74, 6) is 0. The summed E-state index contributed by atoms with van der Waals surface area (Å²) in [5.41, 5.74) is 8.44. The van der Waals surface area contributed by atoms with Crippen LogP contribution in [0.3, 0.4) is 0 Å². The van der Waals surface area contributed by atoms with E-state index in [1.54, 1.807) is 0 Å². The van der Waals surface area contributed by atoms with Crippen LogP contribution in [0, 0.1) is 0 Å². The van der Waals surface area contributed by atoms with Gasteiger partial charge in [0, 0.05) is 29.6 Å². The van der Waals surface area contributed by atoms with E-state index < -0.39 is 0 Å². The fraction of sp³-hybridized carbons (Fsp3) is 0.538. The van der Waals surface area contributed by atoms with Crippen LogP contribution in [0.2, 0.25) is 0 Å². The third kappa shape index (κ3) is 3.36. The number of hydrogen-bond acceptors (Lipinski definition) is 3. The molecule has 0 aliphatic carbocycles. The van der Waals surface area contributed by atoms with Crippen molar-refractivity contribution in [2.24, 2.45) is 5.73 Å². The van der Waals surface area contributed by atoms with Gasteiger partial charge in [0.05, 0.1) is 11.4 Å². The van der Waals surface area contributed by atoms with E-state index >= 15 is 0 Å². The molecule has 0 unspecified atom stereocenters. The molecule has 0 spiro atoms. The van der Waals surface area contributed by atoms with Crippen molar-refractivity contribution >= 4 is 27.3 Å². The predicted octanol–water partition coefficient (Wildman–Crippen LogP) is 2.81. The van der Waals surface area contributed by atoms with Crippen molar-refractivity contribution in [3.8, 4) is 0 Å². The predicted molar refractivity (Wildman–Crippen MR) is 77.7 cm³/mol. The molecule has 1 aliphatic heterocycles. The van der Waals surface area contributed by atoms with E-state index in [0.717, 1.165) is 30.5 Å². The molecule has 0 aromatic heterocycles. The van der Waals surface area contributed by atoms with Crippen molar-refractivity contribution in [2.45, 2.75) is 25.8 Å². The standard InChI is InChI=1S/C13H20BrN3/c1-13(2,15)5-7-17-8-6-16-11-9-10(14)3-4-12(11)17/h3-4,9,16H,5-8,15H2,1-2H3. The quantitative estimate of drug-likeness (QED) is 0.901. The summed E-state index contributed by atoms with van der Waals surface area (Å²) < 4.78 is 1.12. The Morgan fingerprint density at radius 3 is 2.94 bits per heavy atom. The lowest BCUT2D eigenvalue weighted by molar-refractivity contribution is 0.474. The van der Waals surface area contributed by atoms with Gasteiger partial charge in [-0.3, -0.25) is 0 Å². The number of benzene rings is 1. The summed E-state index contributed by atoms with van der Waals surface area (Å²) >= 11 is 3.50. The molecule has 0 radical (unpaired) electrons. The minimum absolute atomic E-state index is 0.0968. The van der Waals surface area contributed by atoms with Crippen LogP contribution in [-0.4, -0.2) is 25.2 Å². The van der Waals surface area contributed by atoms with Crippen molar-refractivity contribution < 1.29 is 0 Å². The smallest absolute Gasteiger partial charge is 0.0603 e. The molecule has 3 N–H and O–H groups in total. The zero-order valence-corrected chi connectivity index (χ0v) is 12.0. The Morgan fingerprint density at radius 2 is 2.24 bits per heavy atom. The van der Waals surface area contributed by atoms with Crippen LogP contribution in [0.15, 0.2) is 22.7 Å². The highest BCUT2D eigenvalue weighted by Crippen LogP contribution is 2.32. The van der Waals surface area contributed by atoms with Gasteiger partial charge in [0.25, 0.3) is 0 Å². The number of nitrogens with one attached hydrogen (secondary N) is 1.